The lowest BCUT2D eigenvalue weighted by molar-refractivity contribution is -0.662. The topological polar surface area (TPSA) is 47.0 Å². The fraction of sp³-hybridized carbons (Fsp3) is 0.0250. The van der Waals surface area contributed by atoms with E-state index in [4.69, 9.17) is 0 Å². The van der Waals surface area contributed by atoms with Crippen molar-refractivity contribution < 1.29 is 97.3 Å². The number of para-hydroxylation sites is 2. The summed E-state index contributed by atoms with van der Waals surface area (Å²) in [5.74, 6) is -71.4. The number of rotatable bonds is 7. The molecular formula is C40H13BF20N2O2. The number of hydrogen-bond donors (Lipinski definition) is 0. The van der Waals surface area contributed by atoms with Crippen molar-refractivity contribution in [1.29, 1.82) is 0 Å². The van der Waals surface area contributed by atoms with Crippen LogP contribution in [0.5, 0.6) is 0 Å². The van der Waals surface area contributed by atoms with Gasteiger partial charge in [-0.3, -0.25) is 10.1 Å². The molecule has 0 spiro atoms. The second-order valence-corrected chi connectivity index (χ2v) is 13.4. The van der Waals surface area contributed by atoms with Gasteiger partial charge in [-0.05, 0) is 18.2 Å². The third-order valence-electron chi connectivity index (χ3n) is 10.0. The quantitative estimate of drug-likeness (QED) is 0.0305. The van der Waals surface area contributed by atoms with Crippen LogP contribution in [0.15, 0.2) is 66.9 Å². The minimum Gasteiger partial charge on any atom is -0.258 e. The van der Waals surface area contributed by atoms with Crippen molar-refractivity contribution in [3.05, 3.63) is 199 Å². The maximum Gasteiger partial charge on any atom is 0.278 e. The summed E-state index contributed by atoms with van der Waals surface area (Å²) in [6.07, 6.45) is -5.27. The molecule has 65 heavy (non-hydrogen) atoms. The number of pyridine rings is 1. The minimum absolute atomic E-state index is 0.160. The first-order valence-corrected chi connectivity index (χ1v) is 17.3. The van der Waals surface area contributed by atoms with Gasteiger partial charge in [0.15, 0.2) is 82.5 Å². The highest BCUT2D eigenvalue weighted by Gasteiger charge is 2.52. The Morgan fingerprint density at radius 2 is 0.662 bits per heavy atom. The van der Waals surface area contributed by atoms with Crippen LogP contribution in [0.3, 0.4) is 0 Å². The van der Waals surface area contributed by atoms with E-state index in [1.54, 1.807) is 18.2 Å². The summed E-state index contributed by atoms with van der Waals surface area (Å²) in [6, 6.07) is 18.9. The molecule has 0 aliphatic rings. The largest absolute Gasteiger partial charge is 0.278 e. The molecule has 0 saturated carbocycles. The average molecular weight is 944 g/mol. The summed E-state index contributed by atoms with van der Waals surface area (Å²) < 4.78 is 296. The van der Waals surface area contributed by atoms with Crippen molar-refractivity contribution in [2.45, 2.75) is 6.54 Å². The fourth-order valence-electron chi connectivity index (χ4n) is 7.24. The van der Waals surface area contributed by atoms with Crippen molar-refractivity contribution in [3.63, 3.8) is 0 Å². The summed E-state index contributed by atoms with van der Waals surface area (Å²) in [6.45, 7) is 0.485. The predicted octanol–water partition coefficient (Wildman–Crippen LogP) is 8.93. The van der Waals surface area contributed by atoms with Gasteiger partial charge >= 0.3 is 0 Å². The normalized spacial score (nSPS) is 11.6. The zero-order valence-corrected chi connectivity index (χ0v) is 30.9. The lowest BCUT2D eigenvalue weighted by atomic mass is 9.12. The lowest BCUT2D eigenvalue weighted by Crippen LogP contribution is -2.81. The summed E-state index contributed by atoms with van der Waals surface area (Å²) >= 11 is 0. The van der Waals surface area contributed by atoms with E-state index < -0.39 is 144 Å². The Morgan fingerprint density at radius 1 is 0.385 bits per heavy atom. The van der Waals surface area contributed by atoms with E-state index in [-0.39, 0.29) is 10.6 Å². The molecule has 338 valence electrons. The van der Waals surface area contributed by atoms with E-state index in [0.29, 0.717) is 12.1 Å². The molecule has 0 saturated heterocycles. The Balaban J connectivity index is 0.000000289. The monoisotopic (exact) mass is 944 g/mol. The van der Waals surface area contributed by atoms with Crippen molar-refractivity contribution in [2.75, 3.05) is 0 Å². The first-order valence-electron chi connectivity index (χ1n) is 17.3. The van der Waals surface area contributed by atoms with Crippen LogP contribution in [0, 0.1) is 126 Å². The SMILES string of the molecule is Fc1c(F)c(F)c([B-](c2c(F)c(F)c(F)c(F)c2F)(c2c(F)c(F)c(F)c(F)c2F)c2c(F)c(F)c(F)c(F)c2F)c(F)c1F.O=[N+]([O-])c1ccccc1C[n+]1cccc2ccccc21. The second-order valence-electron chi connectivity index (χ2n) is 13.4. The van der Waals surface area contributed by atoms with Crippen molar-refractivity contribution in [3.8, 4) is 0 Å². The zero-order chi connectivity index (χ0) is 48.3. The molecule has 0 aliphatic carbocycles. The number of fused-ring (bicyclic) bond motifs is 1. The number of hydrogen-bond acceptors (Lipinski definition) is 2. The molecule has 25 heteroatoms. The van der Waals surface area contributed by atoms with Gasteiger partial charge in [0.1, 0.15) is 52.7 Å². The highest BCUT2D eigenvalue weighted by Crippen LogP contribution is 2.31. The van der Waals surface area contributed by atoms with Crippen LogP contribution in [-0.2, 0) is 6.54 Å². The maximum absolute atomic E-state index is 15.4. The Kier molecular flexibility index (Phi) is 12.7. The highest BCUT2D eigenvalue weighted by atomic mass is 19.2. The highest BCUT2D eigenvalue weighted by molar-refractivity contribution is 7.20. The van der Waals surface area contributed by atoms with Gasteiger partial charge in [0.05, 0.1) is 10.5 Å². The number of aromatic nitrogens is 1. The Labute approximate surface area is 347 Å². The molecule has 0 amide bonds. The molecule has 6 aromatic carbocycles. The molecule has 0 radical (unpaired) electrons. The van der Waals surface area contributed by atoms with Gasteiger partial charge in [-0.2, -0.15) is 4.57 Å². The second kappa shape index (κ2) is 17.4. The molecule has 1 aromatic heterocycles. The van der Waals surface area contributed by atoms with Crippen LogP contribution in [0.2, 0.25) is 0 Å². The Bertz CT molecular complexity index is 2750. The number of benzene rings is 6. The number of nitrogens with zero attached hydrogens (tertiary/aromatic N) is 2. The van der Waals surface area contributed by atoms with E-state index >= 15 is 35.1 Å². The fourth-order valence-corrected chi connectivity index (χ4v) is 7.24. The third-order valence-corrected chi connectivity index (χ3v) is 10.0. The van der Waals surface area contributed by atoms with E-state index in [2.05, 4.69) is 0 Å². The van der Waals surface area contributed by atoms with Crippen LogP contribution < -0.4 is 26.4 Å². The molecule has 7 aromatic rings. The molecule has 0 unspecified atom stereocenters. The summed E-state index contributed by atoms with van der Waals surface area (Å²) in [5, 5.41) is 12.2. The van der Waals surface area contributed by atoms with Crippen LogP contribution in [0.25, 0.3) is 10.9 Å². The van der Waals surface area contributed by atoms with E-state index in [1.165, 1.54) is 0 Å². The summed E-state index contributed by atoms with van der Waals surface area (Å²) in [5.41, 5.74) is -12.4. The average Bonchev–Trinajstić information content (AvgIpc) is 3.29. The molecule has 0 N–H and O–H groups in total. The molecule has 0 bridgehead atoms. The van der Waals surface area contributed by atoms with E-state index in [0.717, 1.165) is 10.9 Å². The molecule has 0 fully saturated rings. The molecule has 0 atom stereocenters. The van der Waals surface area contributed by atoms with Crippen molar-refractivity contribution in [2.24, 2.45) is 0 Å². The van der Waals surface area contributed by atoms with Crippen molar-refractivity contribution >= 4 is 44.6 Å². The first kappa shape index (κ1) is 47.3. The van der Waals surface area contributed by atoms with Gasteiger partial charge in [0.2, 0.25) is 5.52 Å². The van der Waals surface area contributed by atoms with E-state index in [1.807, 2.05) is 53.2 Å². The van der Waals surface area contributed by atoms with Crippen LogP contribution in [0.4, 0.5) is 93.5 Å². The molecule has 1 heterocycles. The summed E-state index contributed by atoms with van der Waals surface area (Å²) in [7, 11) is 0. The van der Waals surface area contributed by atoms with Crippen molar-refractivity contribution in [1.82, 2.24) is 0 Å². The minimum atomic E-state index is -7.22. The van der Waals surface area contributed by atoms with Crippen LogP contribution in [-0.4, -0.2) is 11.1 Å². The number of nitro benzene ring substituents is 1. The number of halogens is 20. The maximum atomic E-state index is 15.4. The van der Waals surface area contributed by atoms with Gasteiger partial charge in [-0.25, -0.2) is 87.8 Å². The number of nitro groups is 1. The predicted molar refractivity (Wildman–Crippen MR) is 186 cm³/mol. The standard InChI is InChI=1S/C24BF20.C16H13N2O2/c26-5-1(6(27)14(35)21(42)13(5)34)25(2-7(28)15(36)22(43)16(37)8(2)29,3-9(30)17(38)23(44)18(39)10(3)31)4-11(32)19(40)24(45)20(41)12(4)33;19-18(20)16-10-4-2-7-14(16)12-17-11-5-8-13-6-1-3-9-15(13)17/h;1-11H,12H2/q-1;+1. The molecule has 4 nitrogen and oxygen atoms in total. The Hall–Kier alpha value is -7.21. The molecule has 0 aliphatic heterocycles. The van der Waals surface area contributed by atoms with Crippen LogP contribution >= 0.6 is 0 Å². The molecular weight excluding hydrogens is 931 g/mol. The smallest absolute Gasteiger partial charge is 0.258 e. The Morgan fingerprint density at radius 3 is 1.00 bits per heavy atom. The first-order chi connectivity index (χ1) is 30.5. The van der Waals surface area contributed by atoms with E-state index in [9.17, 15) is 62.8 Å². The van der Waals surface area contributed by atoms with Gasteiger partial charge in [0, 0.05) is 23.6 Å². The zero-order valence-electron chi connectivity index (χ0n) is 30.9. The van der Waals surface area contributed by atoms with Crippen LogP contribution in [0.1, 0.15) is 5.56 Å². The van der Waals surface area contributed by atoms with Gasteiger partial charge in [-0.1, -0.05) is 24.3 Å². The van der Waals surface area contributed by atoms with Gasteiger partial charge < -0.3 is 0 Å². The van der Waals surface area contributed by atoms with Gasteiger partial charge in [-0.15, -0.1) is 21.9 Å². The van der Waals surface area contributed by atoms with Gasteiger partial charge in [0.25, 0.3) is 5.69 Å². The third kappa shape index (κ3) is 7.30. The summed E-state index contributed by atoms with van der Waals surface area (Å²) in [4.78, 5) is 10.7. The molecule has 7 rings (SSSR count). The lowest BCUT2D eigenvalue weighted by Gasteiger charge is -2.44.